The van der Waals surface area contributed by atoms with Crippen LogP contribution in [-0.4, -0.2) is 53.5 Å². The molecule has 2 rings (SSSR count). The number of hydrogen-bond acceptors (Lipinski definition) is 6. The number of esters is 1. The molecule has 1 aromatic rings. The highest BCUT2D eigenvalue weighted by Gasteiger charge is 2.34. The maximum Gasteiger partial charge on any atom is 0.308 e. The van der Waals surface area contributed by atoms with Crippen molar-refractivity contribution in [2.24, 2.45) is 0 Å². The average molecular weight is 480 g/mol. The third kappa shape index (κ3) is 9.94. The molecule has 33 heavy (non-hydrogen) atoms. The monoisotopic (exact) mass is 479 g/mol. The van der Waals surface area contributed by atoms with Crippen molar-refractivity contribution in [2.75, 3.05) is 19.7 Å². The second kappa shape index (κ2) is 15.4. The quantitative estimate of drug-likeness (QED) is 0.237. The van der Waals surface area contributed by atoms with Crippen molar-refractivity contribution in [3.63, 3.8) is 0 Å². The summed E-state index contributed by atoms with van der Waals surface area (Å²) < 4.78 is 10.4. The molecule has 0 bridgehead atoms. The van der Waals surface area contributed by atoms with Crippen LogP contribution in [-0.2, 0) is 14.3 Å². The lowest BCUT2D eigenvalue weighted by molar-refractivity contribution is -0.147. The molecular weight excluding hydrogens is 442 g/mol. The molecule has 1 fully saturated rings. The van der Waals surface area contributed by atoms with Gasteiger partial charge >= 0.3 is 5.97 Å². The molecule has 2 heterocycles. The fraction of sp³-hybridized carbons (Fsp3) is 0.667. The predicted octanol–water partition coefficient (Wildman–Crippen LogP) is 3.95. The Hall–Kier alpha value is -2.42. The summed E-state index contributed by atoms with van der Waals surface area (Å²) >= 11 is 5.31. The Morgan fingerprint density at radius 3 is 2.45 bits per heavy atom. The number of carbonyl (C=O) groups excluding carboxylic acids is 3. The molecule has 184 valence electrons. The van der Waals surface area contributed by atoms with E-state index in [1.807, 2.05) is 0 Å². The van der Waals surface area contributed by atoms with Crippen molar-refractivity contribution in [3.8, 4) is 0 Å². The van der Waals surface area contributed by atoms with Crippen LogP contribution in [0, 0.1) is 0 Å². The molecule has 1 aliphatic heterocycles. The molecule has 1 atom stereocenters. The summed E-state index contributed by atoms with van der Waals surface area (Å²) in [7, 11) is 0. The summed E-state index contributed by atoms with van der Waals surface area (Å²) in [5, 5.41) is 5.38. The molecule has 2 amide bonds. The number of ether oxygens (including phenoxy) is 1. The van der Waals surface area contributed by atoms with Crippen LogP contribution in [0.1, 0.15) is 88.1 Å². The predicted molar refractivity (Wildman–Crippen MR) is 130 cm³/mol. The van der Waals surface area contributed by atoms with E-state index >= 15 is 0 Å². The number of thiocarbonyl (C=S) groups is 1. The van der Waals surface area contributed by atoms with Gasteiger partial charge in [-0.2, -0.15) is 0 Å². The Morgan fingerprint density at radius 1 is 1.15 bits per heavy atom. The fourth-order valence-corrected chi connectivity index (χ4v) is 4.10. The smallest absolute Gasteiger partial charge is 0.308 e. The second-order valence-corrected chi connectivity index (χ2v) is 8.73. The number of furan rings is 1. The van der Waals surface area contributed by atoms with Gasteiger partial charge in [-0.3, -0.25) is 19.7 Å². The third-order valence-corrected chi connectivity index (χ3v) is 6.01. The molecule has 2 N–H and O–H groups in total. The maximum absolute atomic E-state index is 12.4. The number of rotatable bonds is 14. The van der Waals surface area contributed by atoms with E-state index in [9.17, 15) is 14.4 Å². The van der Waals surface area contributed by atoms with Gasteiger partial charge in [-0.05, 0) is 30.8 Å². The lowest BCUT2D eigenvalue weighted by Gasteiger charge is -2.36. The minimum Gasteiger partial charge on any atom is -0.466 e. The molecule has 1 unspecified atom stereocenters. The lowest BCUT2D eigenvalue weighted by atomic mass is 10.1. The fourth-order valence-electron chi connectivity index (χ4n) is 3.79. The van der Waals surface area contributed by atoms with E-state index in [1.54, 1.807) is 11.0 Å². The first kappa shape index (κ1) is 26.8. The molecule has 0 saturated carbocycles. The van der Waals surface area contributed by atoms with Gasteiger partial charge in [0.1, 0.15) is 6.04 Å². The van der Waals surface area contributed by atoms with E-state index in [-0.39, 0.29) is 23.2 Å². The minimum absolute atomic E-state index is 0.0822. The van der Waals surface area contributed by atoms with Crippen LogP contribution in [0.15, 0.2) is 22.8 Å². The Morgan fingerprint density at radius 2 is 1.82 bits per heavy atom. The SMILES string of the molecule is CCCCCCCCCCCCOC(=O)CC1C(=O)NCCN1C(=S)NC(=O)c1ccco1. The van der Waals surface area contributed by atoms with Crippen molar-refractivity contribution >= 4 is 35.1 Å². The van der Waals surface area contributed by atoms with E-state index < -0.39 is 17.9 Å². The summed E-state index contributed by atoms with van der Waals surface area (Å²) in [6, 6.07) is 2.30. The molecule has 1 aromatic heterocycles. The van der Waals surface area contributed by atoms with Gasteiger partial charge in [-0.25, -0.2) is 0 Å². The standard InChI is InChI=1S/C24H37N3O5S/c1-2-3-4-5-6-7-8-9-10-11-16-32-21(28)18-19-22(29)25-14-15-27(19)24(33)26-23(30)20-13-12-17-31-20/h12-13,17,19H,2-11,14-16,18H2,1H3,(H,25,29)(H,26,30,33). The van der Waals surface area contributed by atoms with Gasteiger partial charge in [0, 0.05) is 13.1 Å². The molecule has 0 radical (unpaired) electrons. The molecule has 0 spiro atoms. The zero-order valence-electron chi connectivity index (χ0n) is 19.6. The van der Waals surface area contributed by atoms with Crippen LogP contribution in [0.5, 0.6) is 0 Å². The number of hydrogen-bond donors (Lipinski definition) is 2. The first-order valence-electron chi connectivity index (χ1n) is 12.1. The number of nitrogens with one attached hydrogen (secondary N) is 2. The normalized spacial score (nSPS) is 15.7. The zero-order chi connectivity index (χ0) is 23.9. The summed E-state index contributed by atoms with van der Waals surface area (Å²) in [5.41, 5.74) is 0. The molecule has 0 aliphatic carbocycles. The van der Waals surface area contributed by atoms with E-state index in [0.29, 0.717) is 19.7 Å². The van der Waals surface area contributed by atoms with Crippen LogP contribution in [0.4, 0.5) is 0 Å². The topological polar surface area (TPSA) is 101 Å². The van der Waals surface area contributed by atoms with Gasteiger partial charge in [0.2, 0.25) is 5.91 Å². The highest BCUT2D eigenvalue weighted by atomic mass is 32.1. The van der Waals surface area contributed by atoms with Crippen molar-refractivity contribution < 1.29 is 23.5 Å². The third-order valence-electron chi connectivity index (χ3n) is 5.68. The van der Waals surface area contributed by atoms with Crippen molar-refractivity contribution in [2.45, 2.75) is 83.6 Å². The molecule has 1 saturated heterocycles. The molecule has 1 aliphatic rings. The van der Waals surface area contributed by atoms with Gasteiger partial charge < -0.3 is 19.4 Å². The van der Waals surface area contributed by atoms with Crippen LogP contribution < -0.4 is 10.6 Å². The van der Waals surface area contributed by atoms with E-state index in [4.69, 9.17) is 21.4 Å². The largest absolute Gasteiger partial charge is 0.466 e. The number of piperazine rings is 1. The summed E-state index contributed by atoms with van der Waals surface area (Å²) in [4.78, 5) is 38.4. The van der Waals surface area contributed by atoms with Gasteiger partial charge in [0.25, 0.3) is 5.91 Å². The number of nitrogens with zero attached hydrogens (tertiary/aromatic N) is 1. The highest BCUT2D eigenvalue weighted by molar-refractivity contribution is 7.80. The Labute approximate surface area is 201 Å². The van der Waals surface area contributed by atoms with Crippen LogP contribution in [0.2, 0.25) is 0 Å². The number of unbranched alkanes of at least 4 members (excludes halogenated alkanes) is 9. The van der Waals surface area contributed by atoms with Crippen LogP contribution in [0.3, 0.4) is 0 Å². The summed E-state index contributed by atoms with van der Waals surface area (Å²) in [6.45, 7) is 3.34. The van der Waals surface area contributed by atoms with Crippen molar-refractivity contribution in [1.82, 2.24) is 15.5 Å². The van der Waals surface area contributed by atoms with Crippen molar-refractivity contribution in [1.29, 1.82) is 0 Å². The van der Waals surface area contributed by atoms with Gasteiger partial charge in [0.15, 0.2) is 10.9 Å². The zero-order valence-corrected chi connectivity index (χ0v) is 20.4. The van der Waals surface area contributed by atoms with E-state index in [0.717, 1.165) is 19.3 Å². The van der Waals surface area contributed by atoms with Crippen LogP contribution >= 0.6 is 12.2 Å². The van der Waals surface area contributed by atoms with Gasteiger partial charge in [-0.1, -0.05) is 64.7 Å². The van der Waals surface area contributed by atoms with E-state index in [1.165, 1.54) is 57.3 Å². The summed E-state index contributed by atoms with van der Waals surface area (Å²) in [6.07, 6.45) is 13.3. The Bertz CT molecular complexity index is 753. The Balaban J connectivity index is 1.65. The second-order valence-electron chi connectivity index (χ2n) is 8.34. The minimum atomic E-state index is -0.816. The average Bonchev–Trinajstić information content (AvgIpc) is 3.34. The number of carbonyl (C=O) groups is 3. The first-order chi connectivity index (χ1) is 16.0. The van der Waals surface area contributed by atoms with Crippen LogP contribution in [0.25, 0.3) is 0 Å². The highest BCUT2D eigenvalue weighted by Crippen LogP contribution is 2.13. The summed E-state index contributed by atoms with van der Waals surface area (Å²) in [5.74, 6) is -1.14. The first-order valence-corrected chi connectivity index (χ1v) is 12.5. The van der Waals surface area contributed by atoms with E-state index in [2.05, 4.69) is 17.6 Å². The lowest BCUT2D eigenvalue weighted by Crippen LogP contribution is -2.60. The van der Waals surface area contributed by atoms with Gasteiger partial charge in [-0.15, -0.1) is 0 Å². The van der Waals surface area contributed by atoms with Gasteiger partial charge in [0.05, 0.1) is 19.3 Å². The Kier molecular flexibility index (Phi) is 12.5. The number of amides is 2. The molecule has 9 heteroatoms. The molecule has 8 nitrogen and oxygen atoms in total. The molecular formula is C24H37N3O5S. The molecule has 0 aromatic carbocycles. The maximum atomic E-state index is 12.4. The van der Waals surface area contributed by atoms with Crippen molar-refractivity contribution in [3.05, 3.63) is 24.2 Å².